The van der Waals surface area contributed by atoms with Crippen molar-refractivity contribution in [3.63, 3.8) is 0 Å². The van der Waals surface area contributed by atoms with E-state index in [2.05, 4.69) is 43.7 Å². The summed E-state index contributed by atoms with van der Waals surface area (Å²) in [5.74, 6) is 1.49. The Labute approximate surface area is 126 Å². The molecule has 0 saturated carbocycles. The Hall–Kier alpha value is -0.590. The maximum Gasteiger partial charge on any atom is 0.190 e. The molecule has 0 radical (unpaired) electrons. The van der Waals surface area contributed by atoms with Crippen molar-refractivity contribution < 1.29 is 4.74 Å². The van der Waals surface area contributed by atoms with Crippen molar-refractivity contribution in [3.05, 3.63) is 20.8 Å². The molecule has 1 aliphatic heterocycles. The van der Waals surface area contributed by atoms with Crippen LogP contribution in [0.4, 0.5) is 0 Å². The van der Waals surface area contributed by atoms with Crippen molar-refractivity contribution in [2.45, 2.75) is 12.8 Å². The van der Waals surface area contributed by atoms with Crippen LogP contribution in [-0.4, -0.2) is 39.3 Å². The van der Waals surface area contributed by atoms with Crippen molar-refractivity contribution in [1.29, 1.82) is 0 Å². The van der Waals surface area contributed by atoms with Crippen molar-refractivity contribution in [2.75, 3.05) is 33.4 Å². The van der Waals surface area contributed by atoms with E-state index < -0.39 is 0 Å². The third kappa shape index (κ3) is 5.12. The van der Waals surface area contributed by atoms with Crippen LogP contribution in [0.3, 0.4) is 0 Å². The number of thiophene rings is 1. The molecule has 4 nitrogen and oxygen atoms in total. The Morgan fingerprint density at radius 2 is 2.42 bits per heavy atom. The van der Waals surface area contributed by atoms with Crippen LogP contribution in [0.25, 0.3) is 0 Å². The second kappa shape index (κ2) is 7.87. The molecule has 2 rings (SSSR count). The SMILES string of the molecule is CN=C(NCCc1ccc(Br)s1)NCC1CCOC1. The minimum Gasteiger partial charge on any atom is -0.381 e. The Morgan fingerprint density at radius 3 is 3.05 bits per heavy atom. The van der Waals surface area contributed by atoms with Crippen LogP contribution in [0.5, 0.6) is 0 Å². The third-order valence-electron chi connectivity index (χ3n) is 3.10. The second-order valence-electron chi connectivity index (χ2n) is 4.57. The van der Waals surface area contributed by atoms with E-state index in [0.717, 1.165) is 45.1 Å². The third-order valence-corrected chi connectivity index (χ3v) is 4.78. The van der Waals surface area contributed by atoms with Gasteiger partial charge in [-0.3, -0.25) is 4.99 Å². The van der Waals surface area contributed by atoms with E-state index in [1.165, 1.54) is 8.66 Å². The summed E-state index contributed by atoms with van der Waals surface area (Å²) in [6.07, 6.45) is 2.16. The number of hydrogen-bond acceptors (Lipinski definition) is 3. The van der Waals surface area contributed by atoms with Gasteiger partial charge in [0.2, 0.25) is 0 Å². The van der Waals surface area contributed by atoms with Gasteiger partial charge in [-0.15, -0.1) is 11.3 Å². The zero-order chi connectivity index (χ0) is 13.5. The molecule has 1 unspecified atom stereocenters. The van der Waals surface area contributed by atoms with Gasteiger partial charge in [0.25, 0.3) is 0 Å². The average Bonchev–Trinajstić information content (AvgIpc) is 3.05. The molecule has 0 aliphatic carbocycles. The van der Waals surface area contributed by atoms with Gasteiger partial charge in [-0.1, -0.05) is 0 Å². The molecule has 1 fully saturated rings. The molecular weight excluding hydrogens is 326 g/mol. The highest BCUT2D eigenvalue weighted by Gasteiger charge is 2.15. The first-order chi connectivity index (χ1) is 9.28. The lowest BCUT2D eigenvalue weighted by atomic mass is 10.1. The highest BCUT2D eigenvalue weighted by molar-refractivity contribution is 9.11. The standard InChI is InChI=1S/C13H20BrN3OS/c1-15-13(17-8-10-5-7-18-9-10)16-6-4-11-2-3-12(14)19-11/h2-3,10H,4-9H2,1H3,(H2,15,16,17). The van der Waals surface area contributed by atoms with E-state index in [0.29, 0.717) is 5.92 Å². The molecule has 106 valence electrons. The molecule has 1 aromatic heterocycles. The van der Waals surface area contributed by atoms with Crippen molar-refractivity contribution in [1.82, 2.24) is 10.6 Å². The predicted molar refractivity (Wildman–Crippen MR) is 84.0 cm³/mol. The number of halogens is 1. The van der Waals surface area contributed by atoms with Gasteiger partial charge in [-0.25, -0.2) is 0 Å². The topological polar surface area (TPSA) is 45.7 Å². The van der Waals surface area contributed by atoms with Crippen molar-refractivity contribution in [3.8, 4) is 0 Å². The molecule has 1 aromatic rings. The summed E-state index contributed by atoms with van der Waals surface area (Å²) >= 11 is 5.26. The van der Waals surface area contributed by atoms with Crippen molar-refractivity contribution in [2.24, 2.45) is 10.9 Å². The molecule has 0 spiro atoms. The minimum atomic E-state index is 0.617. The fraction of sp³-hybridized carbons (Fsp3) is 0.615. The van der Waals surface area contributed by atoms with Crippen LogP contribution in [0.2, 0.25) is 0 Å². The van der Waals surface area contributed by atoms with Gasteiger partial charge in [0, 0.05) is 37.5 Å². The molecule has 0 bridgehead atoms. The largest absolute Gasteiger partial charge is 0.381 e. The maximum atomic E-state index is 5.36. The number of hydrogen-bond donors (Lipinski definition) is 2. The predicted octanol–water partition coefficient (Wildman–Crippen LogP) is 2.25. The Bertz CT molecular complexity index is 416. The Kier molecular flexibility index (Phi) is 6.13. The molecular formula is C13H20BrN3OS. The molecule has 19 heavy (non-hydrogen) atoms. The summed E-state index contributed by atoms with van der Waals surface area (Å²) in [7, 11) is 1.81. The highest BCUT2D eigenvalue weighted by Crippen LogP contribution is 2.21. The smallest absolute Gasteiger partial charge is 0.190 e. The summed E-state index contributed by atoms with van der Waals surface area (Å²) in [4.78, 5) is 5.61. The fourth-order valence-corrected chi connectivity index (χ4v) is 3.48. The Morgan fingerprint density at radius 1 is 1.53 bits per heavy atom. The molecule has 6 heteroatoms. The van der Waals surface area contributed by atoms with E-state index in [9.17, 15) is 0 Å². The fourth-order valence-electron chi connectivity index (χ4n) is 2.00. The first-order valence-electron chi connectivity index (χ1n) is 6.54. The summed E-state index contributed by atoms with van der Waals surface area (Å²) in [6.45, 7) is 3.59. The molecule has 1 atom stereocenters. The van der Waals surface area contributed by atoms with Gasteiger partial charge in [-0.2, -0.15) is 0 Å². The average molecular weight is 346 g/mol. The number of rotatable bonds is 5. The highest BCUT2D eigenvalue weighted by atomic mass is 79.9. The molecule has 0 amide bonds. The summed E-state index contributed by atoms with van der Waals surface area (Å²) < 4.78 is 6.55. The van der Waals surface area contributed by atoms with Crippen LogP contribution in [-0.2, 0) is 11.2 Å². The van der Waals surface area contributed by atoms with Gasteiger partial charge < -0.3 is 15.4 Å². The zero-order valence-electron chi connectivity index (χ0n) is 11.1. The summed E-state index contributed by atoms with van der Waals surface area (Å²) in [5, 5.41) is 6.70. The lowest BCUT2D eigenvalue weighted by Crippen LogP contribution is -2.40. The zero-order valence-corrected chi connectivity index (χ0v) is 13.5. The quantitative estimate of drug-likeness (QED) is 0.635. The van der Waals surface area contributed by atoms with Gasteiger partial charge in [-0.05, 0) is 40.9 Å². The van der Waals surface area contributed by atoms with E-state index >= 15 is 0 Å². The lowest BCUT2D eigenvalue weighted by molar-refractivity contribution is 0.186. The van der Waals surface area contributed by atoms with E-state index in [-0.39, 0.29) is 0 Å². The van der Waals surface area contributed by atoms with E-state index in [1.54, 1.807) is 11.3 Å². The maximum absolute atomic E-state index is 5.36. The van der Waals surface area contributed by atoms with E-state index in [1.807, 2.05) is 7.05 Å². The number of ether oxygens (including phenoxy) is 1. The number of nitrogens with zero attached hydrogens (tertiary/aromatic N) is 1. The van der Waals surface area contributed by atoms with E-state index in [4.69, 9.17) is 4.74 Å². The summed E-state index contributed by atoms with van der Waals surface area (Å²) in [6, 6.07) is 4.25. The molecule has 1 saturated heterocycles. The van der Waals surface area contributed by atoms with Gasteiger partial charge in [0.05, 0.1) is 10.4 Å². The minimum absolute atomic E-state index is 0.617. The number of guanidine groups is 1. The first-order valence-corrected chi connectivity index (χ1v) is 8.15. The van der Waals surface area contributed by atoms with Gasteiger partial charge in [0.15, 0.2) is 5.96 Å². The summed E-state index contributed by atoms with van der Waals surface area (Å²) in [5.41, 5.74) is 0. The van der Waals surface area contributed by atoms with Gasteiger partial charge in [0.1, 0.15) is 0 Å². The monoisotopic (exact) mass is 345 g/mol. The number of nitrogens with one attached hydrogen (secondary N) is 2. The van der Waals surface area contributed by atoms with Crippen LogP contribution < -0.4 is 10.6 Å². The number of aliphatic imine (C=N–C) groups is 1. The Balaban J connectivity index is 1.64. The van der Waals surface area contributed by atoms with Crippen LogP contribution in [0, 0.1) is 5.92 Å². The van der Waals surface area contributed by atoms with Crippen LogP contribution in [0.1, 0.15) is 11.3 Å². The molecule has 2 heterocycles. The molecule has 1 aliphatic rings. The second-order valence-corrected chi connectivity index (χ2v) is 7.11. The molecule has 2 N–H and O–H groups in total. The lowest BCUT2D eigenvalue weighted by Gasteiger charge is -2.14. The molecule has 0 aromatic carbocycles. The van der Waals surface area contributed by atoms with Crippen LogP contribution in [0.15, 0.2) is 20.9 Å². The van der Waals surface area contributed by atoms with Crippen molar-refractivity contribution >= 4 is 33.2 Å². The van der Waals surface area contributed by atoms with Gasteiger partial charge >= 0.3 is 0 Å². The first kappa shape index (κ1) is 14.8. The van der Waals surface area contributed by atoms with Crippen LogP contribution >= 0.6 is 27.3 Å². The normalized spacial score (nSPS) is 19.7.